The Hall–Kier alpha value is -1.88. The number of aromatic nitrogens is 3. The van der Waals surface area contributed by atoms with Crippen LogP contribution in [0.3, 0.4) is 0 Å². The molecule has 3 rings (SSSR count). The lowest BCUT2D eigenvalue weighted by molar-refractivity contribution is 0.121. The minimum absolute atomic E-state index is 0.140. The Morgan fingerprint density at radius 2 is 1.73 bits per heavy atom. The number of anilines is 2. The molecular formula is C17H24N4O. The van der Waals surface area contributed by atoms with Gasteiger partial charge in [-0.25, -0.2) is 0 Å². The lowest BCUT2D eigenvalue weighted by atomic mass is 9.87. The van der Waals surface area contributed by atoms with Gasteiger partial charge in [0.2, 0.25) is 5.95 Å². The molecule has 0 saturated heterocycles. The summed E-state index contributed by atoms with van der Waals surface area (Å²) in [7, 11) is 4.05. The molecular weight excluding hydrogens is 276 g/mol. The summed E-state index contributed by atoms with van der Waals surface area (Å²) in [5.74, 6) is 2.28. The summed E-state index contributed by atoms with van der Waals surface area (Å²) in [6.45, 7) is 2.09. The van der Waals surface area contributed by atoms with E-state index in [2.05, 4.69) is 50.9 Å². The van der Waals surface area contributed by atoms with Gasteiger partial charge in [0, 0.05) is 25.7 Å². The van der Waals surface area contributed by atoms with Crippen LogP contribution in [0.25, 0.3) is 0 Å². The van der Waals surface area contributed by atoms with Gasteiger partial charge in [-0.1, -0.05) is 17.7 Å². The predicted octanol–water partition coefficient (Wildman–Crippen LogP) is 2.91. The SMILES string of the molecule is Cc1ccc(N(C)c2nnc(C3CCC(O)CC3)n2C)cc1. The third-order valence-corrected chi connectivity index (χ3v) is 4.67. The Morgan fingerprint density at radius 3 is 2.36 bits per heavy atom. The monoisotopic (exact) mass is 300 g/mol. The Kier molecular flexibility index (Phi) is 4.16. The normalized spacial score (nSPS) is 21.8. The van der Waals surface area contributed by atoms with Crippen molar-refractivity contribution >= 4 is 11.6 Å². The van der Waals surface area contributed by atoms with E-state index in [0.717, 1.165) is 43.1 Å². The molecule has 22 heavy (non-hydrogen) atoms. The Bertz CT molecular complexity index is 627. The molecule has 0 bridgehead atoms. The number of nitrogens with zero attached hydrogens (tertiary/aromatic N) is 4. The molecule has 5 heteroatoms. The van der Waals surface area contributed by atoms with Crippen LogP contribution in [0.5, 0.6) is 0 Å². The molecule has 1 fully saturated rings. The maximum absolute atomic E-state index is 9.66. The molecule has 2 aromatic rings. The van der Waals surface area contributed by atoms with Crippen molar-refractivity contribution in [2.24, 2.45) is 7.05 Å². The van der Waals surface area contributed by atoms with Crippen molar-refractivity contribution in [3.05, 3.63) is 35.7 Å². The van der Waals surface area contributed by atoms with E-state index in [1.165, 1.54) is 5.56 Å². The van der Waals surface area contributed by atoms with Gasteiger partial charge in [0.05, 0.1) is 6.10 Å². The van der Waals surface area contributed by atoms with E-state index in [4.69, 9.17) is 0 Å². The third-order valence-electron chi connectivity index (χ3n) is 4.67. The van der Waals surface area contributed by atoms with Crippen molar-refractivity contribution in [2.45, 2.75) is 44.6 Å². The fourth-order valence-corrected chi connectivity index (χ4v) is 3.20. The van der Waals surface area contributed by atoms with Crippen molar-refractivity contribution in [1.29, 1.82) is 0 Å². The van der Waals surface area contributed by atoms with Gasteiger partial charge in [-0.15, -0.1) is 10.2 Å². The standard InChI is InChI=1S/C17H24N4O/c1-12-4-8-14(9-5-12)20(2)17-19-18-16(21(17)3)13-6-10-15(22)11-7-13/h4-5,8-9,13,15,22H,6-7,10-11H2,1-3H3. The molecule has 5 nitrogen and oxygen atoms in total. The van der Waals surface area contributed by atoms with Crippen molar-refractivity contribution in [2.75, 3.05) is 11.9 Å². The lowest BCUT2D eigenvalue weighted by Gasteiger charge is -2.25. The highest BCUT2D eigenvalue weighted by molar-refractivity contribution is 5.56. The molecule has 0 spiro atoms. The summed E-state index contributed by atoms with van der Waals surface area (Å²) in [5.41, 5.74) is 2.35. The molecule has 0 atom stereocenters. The van der Waals surface area contributed by atoms with E-state index in [1.54, 1.807) is 0 Å². The minimum atomic E-state index is -0.140. The summed E-state index contributed by atoms with van der Waals surface area (Å²) >= 11 is 0. The Labute approximate surface area is 131 Å². The number of benzene rings is 1. The van der Waals surface area contributed by atoms with Crippen molar-refractivity contribution < 1.29 is 5.11 Å². The van der Waals surface area contributed by atoms with Gasteiger partial charge in [-0.2, -0.15) is 0 Å². The van der Waals surface area contributed by atoms with Crippen molar-refractivity contribution in [1.82, 2.24) is 14.8 Å². The van der Waals surface area contributed by atoms with Gasteiger partial charge in [0.15, 0.2) is 0 Å². The molecule has 1 aliphatic rings. The zero-order valence-electron chi connectivity index (χ0n) is 13.5. The highest BCUT2D eigenvalue weighted by Crippen LogP contribution is 2.33. The first-order chi connectivity index (χ1) is 10.6. The fourth-order valence-electron chi connectivity index (χ4n) is 3.20. The number of hydrogen-bond acceptors (Lipinski definition) is 4. The average Bonchev–Trinajstić information content (AvgIpc) is 2.90. The van der Waals surface area contributed by atoms with Gasteiger partial charge in [-0.05, 0) is 44.7 Å². The van der Waals surface area contributed by atoms with E-state index < -0.39 is 0 Å². The lowest BCUT2D eigenvalue weighted by Crippen LogP contribution is -2.20. The van der Waals surface area contributed by atoms with E-state index in [9.17, 15) is 5.11 Å². The van der Waals surface area contributed by atoms with E-state index in [1.807, 2.05) is 14.1 Å². The molecule has 118 valence electrons. The zero-order chi connectivity index (χ0) is 15.7. The summed E-state index contributed by atoms with van der Waals surface area (Å²) in [4.78, 5) is 2.06. The van der Waals surface area contributed by atoms with Crippen molar-refractivity contribution in [3.63, 3.8) is 0 Å². The van der Waals surface area contributed by atoms with E-state index >= 15 is 0 Å². The average molecular weight is 300 g/mol. The quantitative estimate of drug-likeness (QED) is 0.947. The van der Waals surface area contributed by atoms with Crippen molar-refractivity contribution in [3.8, 4) is 0 Å². The van der Waals surface area contributed by atoms with E-state index in [0.29, 0.717) is 5.92 Å². The Balaban J connectivity index is 1.82. The molecule has 1 N–H and O–H groups in total. The molecule has 0 unspecified atom stereocenters. The first-order valence-corrected chi connectivity index (χ1v) is 7.94. The number of hydrogen-bond donors (Lipinski definition) is 1. The maximum atomic E-state index is 9.66. The second-order valence-electron chi connectivity index (χ2n) is 6.32. The fraction of sp³-hybridized carbons (Fsp3) is 0.529. The number of aryl methyl sites for hydroxylation is 1. The molecule has 0 amide bonds. The highest BCUT2D eigenvalue weighted by atomic mass is 16.3. The summed E-state index contributed by atoms with van der Waals surface area (Å²) in [6, 6.07) is 8.40. The first-order valence-electron chi connectivity index (χ1n) is 7.94. The molecule has 1 aromatic heterocycles. The molecule has 0 aliphatic heterocycles. The first kappa shape index (κ1) is 15.0. The van der Waals surface area contributed by atoms with Gasteiger partial charge >= 0.3 is 0 Å². The topological polar surface area (TPSA) is 54.2 Å². The molecule has 0 radical (unpaired) electrons. The zero-order valence-corrected chi connectivity index (χ0v) is 13.5. The van der Waals surface area contributed by atoms with Gasteiger partial charge in [0.1, 0.15) is 5.82 Å². The highest BCUT2D eigenvalue weighted by Gasteiger charge is 2.26. The van der Waals surface area contributed by atoms with Gasteiger partial charge in [-0.3, -0.25) is 4.57 Å². The summed E-state index contributed by atoms with van der Waals surface area (Å²) in [5, 5.41) is 18.5. The van der Waals surface area contributed by atoms with Crippen LogP contribution in [0.15, 0.2) is 24.3 Å². The number of aliphatic hydroxyl groups excluding tert-OH is 1. The van der Waals surface area contributed by atoms with Crippen LogP contribution in [-0.2, 0) is 7.05 Å². The van der Waals surface area contributed by atoms with Crippen LogP contribution in [-0.4, -0.2) is 33.0 Å². The minimum Gasteiger partial charge on any atom is -0.393 e. The molecule has 1 saturated carbocycles. The third kappa shape index (κ3) is 2.86. The maximum Gasteiger partial charge on any atom is 0.231 e. The molecule has 1 heterocycles. The largest absolute Gasteiger partial charge is 0.393 e. The number of aliphatic hydroxyl groups is 1. The predicted molar refractivity (Wildman–Crippen MR) is 87.5 cm³/mol. The van der Waals surface area contributed by atoms with Crippen LogP contribution in [0.1, 0.15) is 43.0 Å². The van der Waals surface area contributed by atoms with Gasteiger partial charge in [0.25, 0.3) is 0 Å². The smallest absolute Gasteiger partial charge is 0.231 e. The van der Waals surface area contributed by atoms with Crippen LogP contribution < -0.4 is 4.90 Å². The summed E-state index contributed by atoms with van der Waals surface area (Å²) in [6.07, 6.45) is 3.56. The van der Waals surface area contributed by atoms with Gasteiger partial charge < -0.3 is 10.0 Å². The van der Waals surface area contributed by atoms with E-state index in [-0.39, 0.29) is 6.10 Å². The van der Waals surface area contributed by atoms with Crippen LogP contribution >= 0.6 is 0 Å². The number of rotatable bonds is 3. The molecule has 1 aromatic carbocycles. The van der Waals surface area contributed by atoms with Crippen LogP contribution in [0.2, 0.25) is 0 Å². The summed E-state index contributed by atoms with van der Waals surface area (Å²) < 4.78 is 2.09. The second kappa shape index (κ2) is 6.08. The molecule has 1 aliphatic carbocycles. The van der Waals surface area contributed by atoms with Crippen LogP contribution in [0.4, 0.5) is 11.6 Å². The second-order valence-corrected chi connectivity index (χ2v) is 6.32. The van der Waals surface area contributed by atoms with Crippen LogP contribution in [0, 0.1) is 6.92 Å². The Morgan fingerprint density at radius 1 is 1.09 bits per heavy atom.